The van der Waals surface area contributed by atoms with Crippen molar-refractivity contribution in [3.8, 4) is 0 Å². The van der Waals surface area contributed by atoms with Crippen molar-refractivity contribution in [2.24, 2.45) is 17.8 Å². The largest absolute Gasteiger partial charge is 0.391 e. The minimum absolute atomic E-state index is 0.0897. The molecule has 0 aromatic carbocycles. The SMILES string of the molecule is O=C(C1CCC(C(F)(F)F)CC1)N1CC2CCCNC2C1. The Morgan fingerprint density at radius 2 is 1.76 bits per heavy atom. The van der Waals surface area contributed by atoms with E-state index in [1.165, 1.54) is 0 Å². The smallest absolute Gasteiger partial charge is 0.341 e. The van der Waals surface area contributed by atoms with E-state index in [2.05, 4.69) is 5.32 Å². The minimum atomic E-state index is -4.10. The molecule has 3 fully saturated rings. The van der Waals surface area contributed by atoms with Crippen molar-refractivity contribution in [3.63, 3.8) is 0 Å². The Morgan fingerprint density at radius 1 is 1.05 bits per heavy atom. The maximum absolute atomic E-state index is 12.7. The van der Waals surface area contributed by atoms with Crippen LogP contribution >= 0.6 is 0 Å². The van der Waals surface area contributed by atoms with E-state index in [9.17, 15) is 18.0 Å². The zero-order valence-corrected chi connectivity index (χ0v) is 12.2. The number of carbonyl (C=O) groups excluding carboxylic acids is 1. The number of rotatable bonds is 1. The molecule has 0 aromatic heterocycles. The molecule has 0 spiro atoms. The van der Waals surface area contributed by atoms with E-state index in [0.717, 1.165) is 32.5 Å². The number of fused-ring (bicyclic) bond motifs is 1. The van der Waals surface area contributed by atoms with Crippen molar-refractivity contribution in [2.45, 2.75) is 50.7 Å². The summed E-state index contributed by atoms with van der Waals surface area (Å²) < 4.78 is 38.0. The molecule has 3 nitrogen and oxygen atoms in total. The third kappa shape index (κ3) is 3.20. The van der Waals surface area contributed by atoms with Gasteiger partial charge < -0.3 is 10.2 Å². The van der Waals surface area contributed by atoms with Gasteiger partial charge in [0.25, 0.3) is 0 Å². The van der Waals surface area contributed by atoms with E-state index in [-0.39, 0.29) is 24.7 Å². The van der Waals surface area contributed by atoms with Crippen molar-refractivity contribution in [1.82, 2.24) is 10.2 Å². The number of halogens is 3. The maximum Gasteiger partial charge on any atom is 0.391 e. The van der Waals surface area contributed by atoms with E-state index in [1.807, 2.05) is 4.90 Å². The molecule has 2 unspecified atom stereocenters. The summed E-state index contributed by atoms with van der Waals surface area (Å²) >= 11 is 0. The third-order valence-corrected chi connectivity index (χ3v) is 5.45. The van der Waals surface area contributed by atoms with E-state index in [0.29, 0.717) is 24.8 Å². The second-order valence-corrected chi connectivity index (χ2v) is 6.80. The van der Waals surface area contributed by atoms with Crippen molar-refractivity contribution < 1.29 is 18.0 Å². The lowest BCUT2D eigenvalue weighted by atomic mass is 9.81. The molecule has 2 atom stereocenters. The molecule has 0 radical (unpaired) electrons. The first kappa shape index (κ1) is 15.1. The van der Waals surface area contributed by atoms with Gasteiger partial charge in [0.2, 0.25) is 5.91 Å². The number of likely N-dealkylation sites (tertiary alicyclic amines) is 1. The minimum Gasteiger partial charge on any atom is -0.341 e. The second kappa shape index (κ2) is 5.78. The molecule has 0 bridgehead atoms. The Morgan fingerprint density at radius 3 is 2.38 bits per heavy atom. The van der Waals surface area contributed by atoms with Crippen LogP contribution in [0.4, 0.5) is 13.2 Å². The topological polar surface area (TPSA) is 32.3 Å². The highest BCUT2D eigenvalue weighted by Crippen LogP contribution is 2.40. The standard InChI is InChI=1S/C15H23F3N2O/c16-15(17,18)12-5-3-10(4-6-12)14(21)20-8-11-2-1-7-19-13(11)9-20/h10-13,19H,1-9H2. The summed E-state index contributed by atoms with van der Waals surface area (Å²) in [5.41, 5.74) is 0. The average Bonchev–Trinajstić information content (AvgIpc) is 2.89. The normalized spacial score (nSPS) is 37.4. The van der Waals surface area contributed by atoms with Crippen LogP contribution in [0.3, 0.4) is 0 Å². The average molecular weight is 304 g/mol. The fourth-order valence-electron chi connectivity index (χ4n) is 4.15. The number of nitrogens with zero attached hydrogens (tertiary/aromatic N) is 1. The highest BCUT2D eigenvalue weighted by Gasteiger charge is 2.44. The molecule has 1 N–H and O–H groups in total. The van der Waals surface area contributed by atoms with Crippen LogP contribution in [0.25, 0.3) is 0 Å². The highest BCUT2D eigenvalue weighted by atomic mass is 19.4. The van der Waals surface area contributed by atoms with Gasteiger partial charge in [0.1, 0.15) is 0 Å². The van der Waals surface area contributed by atoms with Crippen LogP contribution in [0.1, 0.15) is 38.5 Å². The zero-order chi connectivity index (χ0) is 15.0. The summed E-state index contributed by atoms with van der Waals surface area (Å²) in [7, 11) is 0. The van der Waals surface area contributed by atoms with Gasteiger partial charge in [-0.15, -0.1) is 0 Å². The predicted octanol–water partition coefficient (Wildman–Crippen LogP) is 2.57. The van der Waals surface area contributed by atoms with E-state index >= 15 is 0 Å². The predicted molar refractivity (Wildman–Crippen MR) is 72.6 cm³/mol. The van der Waals surface area contributed by atoms with Crippen LogP contribution < -0.4 is 5.32 Å². The lowest BCUT2D eigenvalue weighted by Gasteiger charge is -2.31. The highest BCUT2D eigenvalue weighted by molar-refractivity contribution is 5.79. The van der Waals surface area contributed by atoms with Gasteiger partial charge in [0.05, 0.1) is 5.92 Å². The quantitative estimate of drug-likeness (QED) is 0.807. The van der Waals surface area contributed by atoms with Crippen molar-refractivity contribution in [2.75, 3.05) is 19.6 Å². The van der Waals surface area contributed by atoms with Crippen LogP contribution in [0, 0.1) is 17.8 Å². The van der Waals surface area contributed by atoms with Crippen LogP contribution in [0.2, 0.25) is 0 Å². The molecule has 1 saturated carbocycles. The summed E-state index contributed by atoms with van der Waals surface area (Å²) in [6.45, 7) is 2.54. The summed E-state index contributed by atoms with van der Waals surface area (Å²) in [6.07, 6.45) is -0.787. The van der Waals surface area contributed by atoms with Gasteiger partial charge in [-0.05, 0) is 51.0 Å². The van der Waals surface area contributed by atoms with Gasteiger partial charge in [-0.25, -0.2) is 0 Å². The number of alkyl halides is 3. The van der Waals surface area contributed by atoms with Crippen LogP contribution in [-0.2, 0) is 4.79 Å². The van der Waals surface area contributed by atoms with Gasteiger partial charge in [-0.1, -0.05) is 0 Å². The monoisotopic (exact) mass is 304 g/mol. The van der Waals surface area contributed by atoms with Crippen molar-refractivity contribution in [3.05, 3.63) is 0 Å². The van der Waals surface area contributed by atoms with Gasteiger partial charge in [-0.2, -0.15) is 13.2 Å². The van der Waals surface area contributed by atoms with Crippen LogP contribution in [0.15, 0.2) is 0 Å². The first-order valence-electron chi connectivity index (χ1n) is 8.04. The van der Waals surface area contributed by atoms with Gasteiger partial charge in [0.15, 0.2) is 0 Å². The van der Waals surface area contributed by atoms with E-state index in [4.69, 9.17) is 0 Å². The van der Waals surface area contributed by atoms with E-state index in [1.54, 1.807) is 0 Å². The van der Waals surface area contributed by atoms with Crippen LogP contribution in [-0.4, -0.2) is 42.7 Å². The lowest BCUT2D eigenvalue weighted by Crippen LogP contribution is -2.42. The first-order chi connectivity index (χ1) is 9.95. The number of carbonyl (C=O) groups is 1. The molecule has 2 aliphatic heterocycles. The maximum atomic E-state index is 12.7. The Kier molecular flexibility index (Phi) is 4.17. The Hall–Kier alpha value is -0.780. The number of hydrogen-bond donors (Lipinski definition) is 1. The lowest BCUT2D eigenvalue weighted by molar-refractivity contribution is -0.185. The Balaban J connectivity index is 1.53. The summed E-state index contributed by atoms with van der Waals surface area (Å²) in [6, 6.07) is 0.397. The van der Waals surface area contributed by atoms with Gasteiger partial charge in [-0.3, -0.25) is 4.79 Å². The molecule has 6 heteroatoms. The molecule has 2 heterocycles. The molecule has 120 valence electrons. The van der Waals surface area contributed by atoms with Gasteiger partial charge in [0, 0.05) is 25.0 Å². The summed E-state index contributed by atoms with van der Waals surface area (Å²) in [5, 5.41) is 3.45. The second-order valence-electron chi connectivity index (χ2n) is 6.80. The number of hydrogen-bond acceptors (Lipinski definition) is 2. The van der Waals surface area contributed by atoms with Crippen molar-refractivity contribution >= 4 is 5.91 Å². The fraction of sp³-hybridized carbons (Fsp3) is 0.933. The van der Waals surface area contributed by atoms with Gasteiger partial charge >= 0.3 is 6.18 Å². The molecule has 0 aromatic rings. The Labute approximate surface area is 123 Å². The van der Waals surface area contributed by atoms with Crippen molar-refractivity contribution in [1.29, 1.82) is 0 Å². The number of piperidine rings is 1. The molecule has 2 saturated heterocycles. The molecule has 1 aliphatic carbocycles. The summed E-state index contributed by atoms with van der Waals surface area (Å²) in [4.78, 5) is 14.4. The van der Waals surface area contributed by atoms with E-state index < -0.39 is 12.1 Å². The summed E-state index contributed by atoms with van der Waals surface area (Å²) in [5.74, 6) is -0.769. The molecular weight excluding hydrogens is 281 g/mol. The Bertz CT molecular complexity index is 377. The molecule has 3 aliphatic rings. The third-order valence-electron chi connectivity index (χ3n) is 5.45. The fourth-order valence-corrected chi connectivity index (χ4v) is 4.15. The van der Waals surface area contributed by atoms with Crippen LogP contribution in [0.5, 0.6) is 0 Å². The first-order valence-corrected chi connectivity index (χ1v) is 8.04. The molecule has 3 rings (SSSR count). The molecule has 1 amide bonds. The number of amides is 1. The molecule has 21 heavy (non-hydrogen) atoms. The zero-order valence-electron chi connectivity index (χ0n) is 12.2. The molecular formula is C15H23F3N2O. The number of nitrogens with one attached hydrogen (secondary N) is 1.